The number of rotatable bonds is 21. The molecule has 6 rings (SSSR count). The number of amides is 2. The topological polar surface area (TPSA) is 213 Å². The second kappa shape index (κ2) is 21.2. The van der Waals surface area contributed by atoms with Crippen molar-refractivity contribution in [3.63, 3.8) is 0 Å². The van der Waals surface area contributed by atoms with Crippen LogP contribution in [0.4, 0.5) is 0 Å². The molecule has 2 amide bonds. The molecule has 0 aromatic heterocycles. The zero-order valence-electron chi connectivity index (χ0n) is 40.2. The van der Waals surface area contributed by atoms with Crippen LogP contribution in [-0.4, -0.2) is 89.4 Å². The summed E-state index contributed by atoms with van der Waals surface area (Å²) in [7, 11) is -5.12. The minimum absolute atomic E-state index is 0.0490. The molecule has 0 fully saturated rings. The lowest BCUT2D eigenvalue weighted by Gasteiger charge is -2.41. The number of hydrogen-bond donors (Lipinski definition) is 5. The van der Waals surface area contributed by atoms with Crippen LogP contribution in [0.5, 0.6) is 23.0 Å². The highest BCUT2D eigenvalue weighted by atomic mass is 31.2. The summed E-state index contributed by atoms with van der Waals surface area (Å²) < 4.78 is 35.9. The Balaban J connectivity index is 1.15. The molecule has 0 spiro atoms. The number of phenols is 1. The maximum atomic E-state index is 14.2. The van der Waals surface area contributed by atoms with E-state index in [1.165, 1.54) is 39.3 Å². The maximum absolute atomic E-state index is 14.2. The highest BCUT2D eigenvalue weighted by molar-refractivity contribution is 7.46. The molecule has 15 nitrogen and oxygen atoms in total. The number of carbonyl (C=O) groups is 3. The number of allylic oxidation sites excluding steroid dienone is 8. The summed E-state index contributed by atoms with van der Waals surface area (Å²) in [5.74, 6) is -0.743. The zero-order valence-corrected chi connectivity index (χ0v) is 41.1. The Bertz CT molecular complexity index is 2390. The van der Waals surface area contributed by atoms with E-state index in [2.05, 4.69) is 65.8 Å². The first-order valence-electron chi connectivity index (χ1n) is 23.4. The van der Waals surface area contributed by atoms with Gasteiger partial charge >= 0.3 is 7.82 Å². The molecule has 0 saturated heterocycles. The lowest BCUT2D eigenvalue weighted by Crippen LogP contribution is -2.49. The van der Waals surface area contributed by atoms with E-state index in [1.807, 2.05) is 6.92 Å². The van der Waals surface area contributed by atoms with Gasteiger partial charge in [0.1, 0.15) is 34.2 Å². The van der Waals surface area contributed by atoms with Crippen LogP contribution in [0.25, 0.3) is 0 Å². The largest absolute Gasteiger partial charge is 0.524 e. The summed E-state index contributed by atoms with van der Waals surface area (Å²) in [6, 6.07) is 2.66. The number of aromatic hydroxyl groups is 1. The number of phosphoric ester groups is 1. The van der Waals surface area contributed by atoms with E-state index in [4.69, 9.17) is 18.7 Å². The molecule has 4 aliphatic rings. The zero-order chi connectivity index (χ0) is 49.0. The Kier molecular flexibility index (Phi) is 16.3. The Hall–Kier alpha value is -4.92. The fraction of sp³-hybridized carbons (Fsp3) is 0.549. The minimum Gasteiger partial charge on any atom is -0.508 e. The van der Waals surface area contributed by atoms with Gasteiger partial charge in [0, 0.05) is 48.1 Å². The van der Waals surface area contributed by atoms with Crippen LogP contribution in [0.2, 0.25) is 0 Å². The lowest BCUT2D eigenvalue weighted by molar-refractivity contribution is -0.141. The third-order valence-electron chi connectivity index (χ3n) is 13.6. The second-order valence-corrected chi connectivity index (χ2v) is 20.8. The van der Waals surface area contributed by atoms with E-state index in [1.54, 1.807) is 11.8 Å². The van der Waals surface area contributed by atoms with Gasteiger partial charge in [-0.05, 0) is 125 Å². The Morgan fingerprint density at radius 2 is 1.30 bits per heavy atom. The van der Waals surface area contributed by atoms with Gasteiger partial charge in [0.05, 0.1) is 36.4 Å². The highest BCUT2D eigenvalue weighted by Crippen LogP contribution is 2.51. The van der Waals surface area contributed by atoms with E-state index < -0.39 is 43.4 Å². The van der Waals surface area contributed by atoms with Crippen molar-refractivity contribution in [1.82, 2.24) is 9.80 Å². The maximum Gasteiger partial charge on any atom is 0.524 e. The first kappa shape index (κ1) is 51.5. The summed E-state index contributed by atoms with van der Waals surface area (Å²) >= 11 is 0. The number of phenolic OH excluding ortho intramolecular Hbond substituents is 1. The summed E-state index contributed by atoms with van der Waals surface area (Å²) in [5, 5.41) is 33.8. The van der Waals surface area contributed by atoms with Crippen LogP contribution in [-0.2, 0) is 40.0 Å². The van der Waals surface area contributed by atoms with Crippen LogP contribution in [0, 0.1) is 0 Å². The third kappa shape index (κ3) is 12.0. The lowest BCUT2D eigenvalue weighted by atomic mass is 9.84. The Morgan fingerprint density at radius 1 is 0.776 bits per heavy atom. The van der Waals surface area contributed by atoms with E-state index in [0.717, 1.165) is 25.7 Å². The van der Waals surface area contributed by atoms with Gasteiger partial charge < -0.3 is 39.0 Å². The number of benzene rings is 2. The van der Waals surface area contributed by atoms with E-state index in [-0.39, 0.29) is 86.1 Å². The van der Waals surface area contributed by atoms with Gasteiger partial charge in [-0.2, -0.15) is 0 Å². The average molecular weight is 949 g/mol. The van der Waals surface area contributed by atoms with Gasteiger partial charge in [-0.25, -0.2) is 4.57 Å². The monoisotopic (exact) mass is 948 g/mol. The van der Waals surface area contributed by atoms with Crippen LogP contribution >= 0.6 is 7.82 Å². The molecule has 5 N–H and O–H groups in total. The number of aliphatic hydroxyl groups excluding tert-OH is 2. The fourth-order valence-corrected chi connectivity index (χ4v) is 9.92. The number of nitrogens with zero attached hydrogens (tertiary/aromatic N) is 2. The van der Waals surface area contributed by atoms with Crippen molar-refractivity contribution in [2.45, 2.75) is 175 Å². The molecule has 2 aromatic carbocycles. The molecule has 0 saturated carbocycles. The number of ether oxygens (including phenoxy) is 3. The first-order chi connectivity index (χ1) is 31.5. The van der Waals surface area contributed by atoms with Gasteiger partial charge in [-0.15, -0.1) is 0 Å². The number of phosphoric acid groups is 1. The fourth-order valence-electron chi connectivity index (χ4n) is 9.50. The smallest absolute Gasteiger partial charge is 0.508 e. The molecule has 0 radical (unpaired) electrons. The van der Waals surface area contributed by atoms with E-state index in [9.17, 15) is 44.1 Å². The van der Waals surface area contributed by atoms with Crippen molar-refractivity contribution in [2.24, 2.45) is 0 Å². The Morgan fingerprint density at radius 3 is 1.84 bits per heavy atom. The molecule has 0 bridgehead atoms. The summed E-state index contributed by atoms with van der Waals surface area (Å²) in [6.45, 7) is 16.6. The normalized spacial score (nSPS) is 22.8. The van der Waals surface area contributed by atoms with Crippen molar-refractivity contribution in [3.8, 4) is 23.0 Å². The predicted octanol–water partition coefficient (Wildman–Crippen LogP) is 8.81. The van der Waals surface area contributed by atoms with Crippen molar-refractivity contribution >= 4 is 26.1 Å². The SMILES string of the molecule is CC(C)=CCC/C(C)=C/CC[C@@]1(C)Oc2c(c(O)cc3c2CN(CCC[C@@H](OC=O)N2Cc4c(cc(OP(=O)(O)O)c5c4O[C@](C)(CC/C=C(\C)CCC=C(C)C)[C@@H](O)C5)C2=O)C3=O)C[C@@H]1O. The van der Waals surface area contributed by atoms with Crippen molar-refractivity contribution in [2.75, 3.05) is 6.54 Å². The first-order valence-corrected chi connectivity index (χ1v) is 24.9. The van der Waals surface area contributed by atoms with Gasteiger partial charge in [0.2, 0.25) is 0 Å². The van der Waals surface area contributed by atoms with Crippen molar-refractivity contribution < 1.29 is 62.8 Å². The second-order valence-electron chi connectivity index (χ2n) is 19.6. The molecule has 0 unspecified atom stereocenters. The molecule has 67 heavy (non-hydrogen) atoms. The predicted molar refractivity (Wildman–Crippen MR) is 253 cm³/mol. The van der Waals surface area contributed by atoms with Crippen LogP contribution < -0.4 is 14.0 Å². The molecule has 4 aliphatic heterocycles. The van der Waals surface area contributed by atoms with Crippen molar-refractivity contribution in [3.05, 3.63) is 92.1 Å². The molecule has 366 valence electrons. The highest BCUT2D eigenvalue weighted by Gasteiger charge is 2.47. The molecule has 2 aromatic rings. The summed E-state index contributed by atoms with van der Waals surface area (Å²) in [5.41, 5.74) is 4.91. The third-order valence-corrected chi connectivity index (χ3v) is 14.0. The number of hydrogen-bond acceptors (Lipinski definition) is 11. The molecule has 0 aliphatic carbocycles. The molecular weight excluding hydrogens is 880 g/mol. The van der Waals surface area contributed by atoms with Crippen LogP contribution in [0.15, 0.2) is 58.7 Å². The van der Waals surface area contributed by atoms with Gasteiger partial charge in [0.25, 0.3) is 18.3 Å². The summed E-state index contributed by atoms with van der Waals surface area (Å²) in [6.07, 6.45) is 12.0. The van der Waals surface area contributed by atoms with E-state index >= 15 is 0 Å². The summed E-state index contributed by atoms with van der Waals surface area (Å²) in [4.78, 5) is 62.6. The number of fused-ring (bicyclic) bond motifs is 6. The minimum atomic E-state index is -5.12. The quantitative estimate of drug-likeness (QED) is 0.0450. The number of aliphatic hydroxyl groups is 2. The van der Waals surface area contributed by atoms with Crippen LogP contribution in [0.3, 0.4) is 0 Å². The van der Waals surface area contributed by atoms with Gasteiger partial charge in [-0.3, -0.25) is 29.1 Å². The number of carbonyl (C=O) groups excluding carboxylic acids is 3. The molecule has 4 heterocycles. The average Bonchev–Trinajstić information content (AvgIpc) is 3.73. The molecule has 5 atom stereocenters. The van der Waals surface area contributed by atoms with Gasteiger partial charge in [-0.1, -0.05) is 46.6 Å². The van der Waals surface area contributed by atoms with E-state index in [0.29, 0.717) is 53.7 Å². The van der Waals surface area contributed by atoms with Crippen molar-refractivity contribution in [1.29, 1.82) is 0 Å². The standard InChI is InChI=1S/C51H69N2O13P/c1-31(2)14-9-16-33(5)18-11-21-50(7)43(56)26-37-41(55)24-35-39(46(37)64-50)28-52(48(35)58)23-13-20-45(63-30-54)53-29-40-36(49(53)59)25-42(66-67(60,61)62)38-27-44(57)51(8,65-47(38)40)22-12-19-34(6)17-10-15-32(3)4/h14-15,18-19,24-25,30,43-45,55-57H,9-13,16-17,20-23,26-29H2,1-8H3,(H2,60,61,62)/b33-18+,34-19+/t43-,44-,45+,50+,51+/m0/s1. The Labute approximate surface area is 394 Å². The molecular formula is C51H69N2O13P. The van der Waals surface area contributed by atoms with Gasteiger partial charge in [0.15, 0.2) is 6.23 Å². The van der Waals surface area contributed by atoms with Crippen LogP contribution in [0.1, 0.15) is 163 Å². The molecule has 16 heteroatoms.